The number of nitrogens with zero attached hydrogens (tertiary/aromatic N) is 1. The molecule has 1 atom stereocenters. The summed E-state index contributed by atoms with van der Waals surface area (Å²) < 4.78 is 0. The fraction of sp³-hybridized carbons (Fsp3) is 1.00. The summed E-state index contributed by atoms with van der Waals surface area (Å²) in [6.45, 7) is 20.8. The topological polar surface area (TPSA) is 3.24 Å². The highest BCUT2D eigenvalue weighted by Gasteiger charge is 2.35. The van der Waals surface area contributed by atoms with Gasteiger partial charge in [-0.25, -0.2) is 0 Å². The minimum atomic E-state index is 0.238. The summed E-state index contributed by atoms with van der Waals surface area (Å²) in [7, 11) is 0. The Labute approximate surface area is 90.9 Å². The zero-order valence-electron chi connectivity index (χ0n) is 11.6. The lowest BCUT2D eigenvalue weighted by Gasteiger charge is -2.50. The molecule has 0 saturated heterocycles. The van der Waals surface area contributed by atoms with E-state index in [0.29, 0.717) is 12.0 Å². The molecule has 86 valence electrons. The van der Waals surface area contributed by atoms with Crippen molar-refractivity contribution >= 4 is 0 Å². The summed E-state index contributed by atoms with van der Waals surface area (Å²) in [5.74, 6) is 0.702. The highest BCUT2D eigenvalue weighted by atomic mass is 15.3. The normalized spacial score (nSPS) is 16.5. The van der Waals surface area contributed by atoms with Gasteiger partial charge in [-0.1, -0.05) is 13.8 Å². The summed E-state index contributed by atoms with van der Waals surface area (Å²) in [5.41, 5.74) is 0.476. The molecule has 0 aliphatic heterocycles. The quantitative estimate of drug-likeness (QED) is 0.651. The van der Waals surface area contributed by atoms with Gasteiger partial charge >= 0.3 is 0 Å². The molecule has 0 aliphatic carbocycles. The van der Waals surface area contributed by atoms with Gasteiger partial charge in [0.25, 0.3) is 0 Å². The van der Waals surface area contributed by atoms with Crippen LogP contribution in [0.3, 0.4) is 0 Å². The average Bonchev–Trinajstić information content (AvgIpc) is 1.79. The summed E-state index contributed by atoms with van der Waals surface area (Å²) in [4.78, 5) is 2.62. The molecule has 0 amide bonds. The molecule has 0 rings (SSSR count). The van der Waals surface area contributed by atoms with E-state index < -0.39 is 0 Å². The zero-order chi connectivity index (χ0) is 11.7. The van der Waals surface area contributed by atoms with E-state index in [1.807, 2.05) is 0 Å². The molecule has 1 unspecified atom stereocenters. The number of hydrogen-bond donors (Lipinski definition) is 0. The van der Waals surface area contributed by atoms with Crippen molar-refractivity contribution in [2.75, 3.05) is 0 Å². The first-order chi connectivity index (χ1) is 5.98. The molecule has 0 spiro atoms. The van der Waals surface area contributed by atoms with Crippen molar-refractivity contribution in [1.82, 2.24) is 4.90 Å². The summed E-state index contributed by atoms with van der Waals surface area (Å²) in [6, 6.07) is 0.620. The molecule has 0 saturated carbocycles. The van der Waals surface area contributed by atoms with Gasteiger partial charge in [-0.2, -0.15) is 0 Å². The van der Waals surface area contributed by atoms with Crippen molar-refractivity contribution in [1.29, 1.82) is 0 Å². The molecule has 0 fully saturated rings. The predicted octanol–water partition coefficient (Wildman–Crippen LogP) is 3.93. The van der Waals surface area contributed by atoms with Gasteiger partial charge in [0.1, 0.15) is 0 Å². The lowest BCUT2D eigenvalue weighted by atomic mass is 9.89. The van der Waals surface area contributed by atoms with Crippen LogP contribution in [0.2, 0.25) is 0 Å². The maximum absolute atomic E-state index is 2.62. The molecular weight excluding hydrogens is 170 g/mol. The first-order valence-corrected chi connectivity index (χ1v) is 5.77. The maximum Gasteiger partial charge on any atom is 0.0133 e. The zero-order valence-corrected chi connectivity index (χ0v) is 11.6. The lowest BCUT2D eigenvalue weighted by molar-refractivity contribution is -0.0154. The maximum atomic E-state index is 2.62. The van der Waals surface area contributed by atoms with Crippen molar-refractivity contribution < 1.29 is 0 Å². The SMILES string of the molecule is CC(C)C(C)N(C(C)(C)C)C(C)(C)C. The third-order valence-corrected chi connectivity index (χ3v) is 2.82. The van der Waals surface area contributed by atoms with Gasteiger partial charge in [-0.15, -0.1) is 0 Å². The van der Waals surface area contributed by atoms with Gasteiger partial charge in [0, 0.05) is 17.1 Å². The monoisotopic (exact) mass is 199 g/mol. The van der Waals surface area contributed by atoms with Crippen LogP contribution in [0.15, 0.2) is 0 Å². The van der Waals surface area contributed by atoms with E-state index in [1.165, 1.54) is 0 Å². The van der Waals surface area contributed by atoms with E-state index in [2.05, 4.69) is 67.2 Å². The third-order valence-electron chi connectivity index (χ3n) is 2.82. The van der Waals surface area contributed by atoms with Crippen LogP contribution >= 0.6 is 0 Å². The van der Waals surface area contributed by atoms with Gasteiger partial charge in [-0.05, 0) is 54.4 Å². The Kier molecular flexibility index (Phi) is 4.21. The molecule has 1 heteroatoms. The van der Waals surface area contributed by atoms with Crippen LogP contribution in [0, 0.1) is 5.92 Å². The second kappa shape index (κ2) is 4.22. The van der Waals surface area contributed by atoms with Gasteiger partial charge < -0.3 is 0 Å². The first kappa shape index (κ1) is 14.0. The fourth-order valence-electron chi connectivity index (χ4n) is 2.53. The Hall–Kier alpha value is -0.0400. The van der Waals surface area contributed by atoms with Crippen molar-refractivity contribution in [3.8, 4) is 0 Å². The van der Waals surface area contributed by atoms with E-state index >= 15 is 0 Å². The van der Waals surface area contributed by atoms with E-state index in [0.717, 1.165) is 0 Å². The third kappa shape index (κ3) is 3.61. The number of rotatable bonds is 2. The van der Waals surface area contributed by atoms with Crippen LogP contribution in [-0.4, -0.2) is 22.0 Å². The van der Waals surface area contributed by atoms with E-state index in [-0.39, 0.29) is 11.1 Å². The predicted molar refractivity (Wildman–Crippen MR) is 65.6 cm³/mol. The minimum Gasteiger partial charge on any atom is -0.291 e. The largest absolute Gasteiger partial charge is 0.291 e. The minimum absolute atomic E-state index is 0.238. The Balaban J connectivity index is 4.94. The molecule has 0 radical (unpaired) electrons. The van der Waals surface area contributed by atoms with Gasteiger partial charge in [-0.3, -0.25) is 4.90 Å². The van der Waals surface area contributed by atoms with Crippen LogP contribution in [0.4, 0.5) is 0 Å². The Morgan fingerprint density at radius 1 is 0.714 bits per heavy atom. The molecule has 0 heterocycles. The summed E-state index contributed by atoms with van der Waals surface area (Å²) in [5, 5.41) is 0. The van der Waals surface area contributed by atoms with E-state index in [9.17, 15) is 0 Å². The van der Waals surface area contributed by atoms with Crippen LogP contribution in [0.1, 0.15) is 62.3 Å². The van der Waals surface area contributed by atoms with Crippen LogP contribution in [0.5, 0.6) is 0 Å². The highest BCUT2D eigenvalue weighted by molar-refractivity contribution is 4.91. The molecule has 0 aromatic heterocycles. The molecule has 14 heavy (non-hydrogen) atoms. The van der Waals surface area contributed by atoms with Crippen LogP contribution in [-0.2, 0) is 0 Å². The molecule has 0 aromatic carbocycles. The lowest BCUT2D eigenvalue weighted by Crippen LogP contribution is -2.58. The molecular formula is C13H29N. The van der Waals surface area contributed by atoms with Gasteiger partial charge in [0.2, 0.25) is 0 Å². The van der Waals surface area contributed by atoms with E-state index in [4.69, 9.17) is 0 Å². The summed E-state index contributed by atoms with van der Waals surface area (Å²) >= 11 is 0. The van der Waals surface area contributed by atoms with Crippen molar-refractivity contribution in [2.24, 2.45) is 5.92 Å². The average molecular weight is 199 g/mol. The smallest absolute Gasteiger partial charge is 0.0133 e. The molecule has 0 N–H and O–H groups in total. The second-order valence-electron chi connectivity index (χ2n) is 6.70. The Bertz CT molecular complexity index is 155. The molecule has 1 nitrogen and oxygen atoms in total. The molecule has 0 bridgehead atoms. The molecule has 0 aromatic rings. The van der Waals surface area contributed by atoms with E-state index in [1.54, 1.807) is 0 Å². The van der Waals surface area contributed by atoms with Crippen molar-refractivity contribution in [3.05, 3.63) is 0 Å². The Morgan fingerprint density at radius 3 is 1.07 bits per heavy atom. The van der Waals surface area contributed by atoms with Crippen LogP contribution < -0.4 is 0 Å². The summed E-state index contributed by atoms with van der Waals surface area (Å²) in [6.07, 6.45) is 0. The fourth-order valence-corrected chi connectivity index (χ4v) is 2.53. The van der Waals surface area contributed by atoms with Crippen molar-refractivity contribution in [3.63, 3.8) is 0 Å². The second-order valence-corrected chi connectivity index (χ2v) is 6.70. The van der Waals surface area contributed by atoms with Gasteiger partial charge in [0.15, 0.2) is 0 Å². The molecule has 0 aliphatic rings. The van der Waals surface area contributed by atoms with Gasteiger partial charge in [0.05, 0.1) is 0 Å². The number of hydrogen-bond acceptors (Lipinski definition) is 1. The Morgan fingerprint density at radius 2 is 1.00 bits per heavy atom. The van der Waals surface area contributed by atoms with Crippen LogP contribution in [0.25, 0.3) is 0 Å². The first-order valence-electron chi connectivity index (χ1n) is 5.77. The standard InChI is InChI=1S/C13H29N/c1-10(2)11(3)14(12(4,5)6)13(7,8)9/h10-11H,1-9H3. The van der Waals surface area contributed by atoms with Crippen molar-refractivity contribution in [2.45, 2.75) is 79.4 Å². The highest BCUT2D eigenvalue weighted by Crippen LogP contribution is 2.30.